The minimum atomic E-state index is -0.994. The summed E-state index contributed by atoms with van der Waals surface area (Å²) in [5.41, 5.74) is -0.994. The van der Waals surface area contributed by atoms with E-state index in [4.69, 9.17) is 4.74 Å². The first-order valence-corrected chi connectivity index (χ1v) is 7.62. The largest absolute Gasteiger partial charge is 0.388 e. The predicted octanol–water partition coefficient (Wildman–Crippen LogP) is 0.772. The molecule has 1 unspecified atom stereocenters. The maximum atomic E-state index is 11.6. The Morgan fingerprint density at radius 1 is 1.43 bits per heavy atom. The summed E-state index contributed by atoms with van der Waals surface area (Å²) in [5, 5.41) is 17.1. The molecule has 0 saturated carbocycles. The molecule has 0 aliphatic rings. The fourth-order valence-corrected chi connectivity index (χ4v) is 2.21. The van der Waals surface area contributed by atoms with E-state index < -0.39 is 5.60 Å². The topological polar surface area (TPSA) is 87.7 Å². The van der Waals surface area contributed by atoms with Gasteiger partial charge in [-0.25, -0.2) is 0 Å². The highest BCUT2D eigenvalue weighted by molar-refractivity contribution is 7.12. The first-order valence-electron chi connectivity index (χ1n) is 6.74. The maximum Gasteiger partial charge on any atom is 0.261 e. The Labute approximate surface area is 128 Å². The average molecular weight is 314 g/mol. The molecule has 1 aromatic rings. The van der Waals surface area contributed by atoms with Crippen LogP contribution in [0.25, 0.3) is 0 Å². The SMILES string of the molecule is COCCC(C)(O)CNC(=O)CCNC(=O)c1cccs1. The van der Waals surface area contributed by atoms with Gasteiger partial charge in [-0.3, -0.25) is 9.59 Å². The van der Waals surface area contributed by atoms with Crippen LogP contribution < -0.4 is 10.6 Å². The van der Waals surface area contributed by atoms with E-state index in [0.29, 0.717) is 17.9 Å². The molecule has 21 heavy (non-hydrogen) atoms. The fourth-order valence-electron chi connectivity index (χ4n) is 1.57. The number of carbonyl (C=O) groups excluding carboxylic acids is 2. The predicted molar refractivity (Wildman–Crippen MR) is 81.4 cm³/mol. The Balaban J connectivity index is 2.18. The molecule has 0 saturated heterocycles. The smallest absolute Gasteiger partial charge is 0.261 e. The number of ether oxygens (including phenoxy) is 1. The molecule has 0 aliphatic heterocycles. The highest BCUT2D eigenvalue weighted by Gasteiger charge is 2.20. The zero-order chi connectivity index (χ0) is 15.7. The maximum absolute atomic E-state index is 11.6. The Hall–Kier alpha value is -1.44. The van der Waals surface area contributed by atoms with Crippen LogP contribution in [0.5, 0.6) is 0 Å². The summed E-state index contributed by atoms with van der Waals surface area (Å²) in [6, 6.07) is 3.53. The van der Waals surface area contributed by atoms with Crippen LogP contribution in [0.15, 0.2) is 17.5 Å². The lowest BCUT2D eigenvalue weighted by atomic mass is 10.0. The van der Waals surface area contributed by atoms with E-state index in [9.17, 15) is 14.7 Å². The lowest BCUT2D eigenvalue weighted by Crippen LogP contribution is -2.42. The van der Waals surface area contributed by atoms with Gasteiger partial charge in [0.05, 0.1) is 10.5 Å². The Morgan fingerprint density at radius 2 is 2.19 bits per heavy atom. The molecule has 0 radical (unpaired) electrons. The summed E-state index contributed by atoms with van der Waals surface area (Å²) < 4.78 is 4.89. The molecule has 0 aromatic carbocycles. The van der Waals surface area contributed by atoms with Crippen molar-refractivity contribution < 1.29 is 19.4 Å². The number of carbonyl (C=O) groups is 2. The van der Waals surface area contributed by atoms with Crippen LogP contribution in [-0.4, -0.2) is 49.3 Å². The van der Waals surface area contributed by atoms with Crippen LogP contribution in [0.2, 0.25) is 0 Å². The molecular weight excluding hydrogens is 292 g/mol. The third kappa shape index (κ3) is 7.22. The Morgan fingerprint density at radius 3 is 2.81 bits per heavy atom. The molecule has 6 nitrogen and oxygen atoms in total. The number of aliphatic hydroxyl groups is 1. The number of rotatable bonds is 9. The van der Waals surface area contributed by atoms with E-state index in [1.165, 1.54) is 11.3 Å². The van der Waals surface area contributed by atoms with E-state index in [1.54, 1.807) is 26.2 Å². The average Bonchev–Trinajstić information content (AvgIpc) is 2.97. The van der Waals surface area contributed by atoms with Gasteiger partial charge in [-0.15, -0.1) is 11.3 Å². The molecular formula is C14H22N2O4S. The third-order valence-corrected chi connectivity index (χ3v) is 3.76. The molecule has 0 aliphatic carbocycles. The summed E-state index contributed by atoms with van der Waals surface area (Å²) in [5.74, 6) is -0.385. The van der Waals surface area contributed by atoms with Crippen LogP contribution >= 0.6 is 11.3 Å². The van der Waals surface area contributed by atoms with Gasteiger partial charge in [-0.05, 0) is 18.4 Å². The van der Waals surface area contributed by atoms with Gasteiger partial charge in [0, 0.05) is 39.6 Å². The first-order chi connectivity index (χ1) is 9.94. The molecule has 0 fully saturated rings. The van der Waals surface area contributed by atoms with Crippen LogP contribution in [0.4, 0.5) is 0 Å². The van der Waals surface area contributed by atoms with Gasteiger partial charge in [0.1, 0.15) is 0 Å². The zero-order valence-corrected chi connectivity index (χ0v) is 13.2. The molecule has 0 spiro atoms. The minimum Gasteiger partial charge on any atom is -0.388 e. The Bertz CT molecular complexity index is 446. The standard InChI is InChI=1S/C14H22N2O4S/c1-14(19,6-8-20-2)10-16-12(17)5-7-15-13(18)11-4-3-9-21-11/h3-4,9,19H,5-8,10H2,1-2H3,(H,15,18)(H,16,17). The number of hydrogen-bond donors (Lipinski definition) is 3. The summed E-state index contributed by atoms with van der Waals surface area (Å²) in [6.07, 6.45) is 0.621. The first kappa shape index (κ1) is 17.6. The molecule has 7 heteroatoms. The number of nitrogens with one attached hydrogen (secondary N) is 2. The van der Waals surface area contributed by atoms with Gasteiger partial charge >= 0.3 is 0 Å². The van der Waals surface area contributed by atoms with Crippen LogP contribution in [0.1, 0.15) is 29.4 Å². The lowest BCUT2D eigenvalue weighted by molar-refractivity contribution is -0.122. The van der Waals surface area contributed by atoms with Gasteiger partial charge in [0.15, 0.2) is 0 Å². The van der Waals surface area contributed by atoms with Crippen molar-refractivity contribution in [3.05, 3.63) is 22.4 Å². The molecule has 1 aromatic heterocycles. The van der Waals surface area contributed by atoms with Crippen LogP contribution in [-0.2, 0) is 9.53 Å². The van der Waals surface area contributed by atoms with E-state index in [1.807, 2.05) is 5.38 Å². The minimum absolute atomic E-state index is 0.161. The molecule has 3 N–H and O–H groups in total. The summed E-state index contributed by atoms with van der Waals surface area (Å²) in [6.45, 7) is 2.50. The van der Waals surface area contributed by atoms with E-state index in [0.717, 1.165) is 0 Å². The normalized spacial score (nSPS) is 13.5. The van der Waals surface area contributed by atoms with Crippen molar-refractivity contribution in [2.24, 2.45) is 0 Å². The number of hydrogen-bond acceptors (Lipinski definition) is 5. The zero-order valence-electron chi connectivity index (χ0n) is 12.3. The number of methoxy groups -OCH3 is 1. The van der Waals surface area contributed by atoms with E-state index >= 15 is 0 Å². The van der Waals surface area contributed by atoms with Crippen LogP contribution in [0.3, 0.4) is 0 Å². The second-order valence-electron chi connectivity index (χ2n) is 5.00. The van der Waals surface area contributed by atoms with Crippen molar-refractivity contribution in [3.63, 3.8) is 0 Å². The summed E-state index contributed by atoms with van der Waals surface area (Å²) in [4.78, 5) is 23.9. The molecule has 0 bridgehead atoms. The monoisotopic (exact) mass is 314 g/mol. The van der Waals surface area contributed by atoms with Crippen molar-refractivity contribution in [1.29, 1.82) is 0 Å². The second kappa shape index (κ2) is 8.76. The van der Waals surface area contributed by atoms with E-state index in [2.05, 4.69) is 10.6 Å². The molecule has 2 amide bonds. The van der Waals surface area contributed by atoms with Gasteiger partial charge in [-0.2, -0.15) is 0 Å². The Kier molecular flexibility index (Phi) is 7.35. The van der Waals surface area contributed by atoms with E-state index in [-0.39, 0.29) is 31.3 Å². The fraction of sp³-hybridized carbons (Fsp3) is 0.571. The van der Waals surface area contributed by atoms with Crippen molar-refractivity contribution in [2.75, 3.05) is 26.8 Å². The number of thiophene rings is 1. The number of amides is 2. The van der Waals surface area contributed by atoms with Gasteiger partial charge in [0.25, 0.3) is 5.91 Å². The third-order valence-electron chi connectivity index (χ3n) is 2.89. The van der Waals surface area contributed by atoms with Crippen molar-refractivity contribution in [1.82, 2.24) is 10.6 Å². The lowest BCUT2D eigenvalue weighted by Gasteiger charge is -2.23. The van der Waals surface area contributed by atoms with Gasteiger partial charge in [-0.1, -0.05) is 6.07 Å². The summed E-state index contributed by atoms with van der Waals surface area (Å²) >= 11 is 1.35. The molecule has 1 atom stereocenters. The quantitative estimate of drug-likeness (QED) is 0.628. The van der Waals surface area contributed by atoms with Crippen molar-refractivity contribution >= 4 is 23.2 Å². The second-order valence-corrected chi connectivity index (χ2v) is 5.95. The van der Waals surface area contributed by atoms with Gasteiger partial charge < -0.3 is 20.5 Å². The van der Waals surface area contributed by atoms with Crippen molar-refractivity contribution in [2.45, 2.75) is 25.4 Å². The molecule has 1 heterocycles. The highest BCUT2D eigenvalue weighted by atomic mass is 32.1. The van der Waals surface area contributed by atoms with Gasteiger partial charge in [0.2, 0.25) is 5.91 Å². The van der Waals surface area contributed by atoms with Crippen molar-refractivity contribution in [3.8, 4) is 0 Å². The molecule has 1 rings (SSSR count). The highest BCUT2D eigenvalue weighted by Crippen LogP contribution is 2.08. The summed E-state index contributed by atoms with van der Waals surface area (Å²) in [7, 11) is 1.56. The molecule has 118 valence electrons. The van der Waals surface area contributed by atoms with Crippen LogP contribution in [0, 0.1) is 0 Å².